The summed E-state index contributed by atoms with van der Waals surface area (Å²) in [6, 6.07) is 4.61. The number of halogens is 2. The molecule has 0 fully saturated rings. The minimum atomic E-state index is -1.05. The van der Waals surface area contributed by atoms with E-state index in [1.165, 1.54) is 14.0 Å². The zero-order chi connectivity index (χ0) is 18.9. The van der Waals surface area contributed by atoms with Crippen molar-refractivity contribution in [2.24, 2.45) is 7.05 Å². The molecule has 1 heterocycles. The van der Waals surface area contributed by atoms with Crippen LogP contribution in [0.4, 0.5) is 4.39 Å². The summed E-state index contributed by atoms with van der Waals surface area (Å²) in [5, 5.41) is 8.43. The highest BCUT2D eigenvalue weighted by Gasteiger charge is 2.21. The number of nitriles is 1. The van der Waals surface area contributed by atoms with Gasteiger partial charge in [0.15, 0.2) is 6.10 Å². The first-order valence-electron chi connectivity index (χ1n) is 7.07. The molecule has 0 saturated carbocycles. The van der Waals surface area contributed by atoms with Crippen molar-refractivity contribution in [2.45, 2.75) is 20.0 Å². The fourth-order valence-corrected chi connectivity index (χ4v) is 2.30. The second-order valence-corrected chi connectivity index (χ2v) is 5.67. The second kappa shape index (κ2) is 6.91. The lowest BCUT2D eigenvalue weighted by Gasteiger charge is -2.13. The van der Waals surface area contributed by atoms with Gasteiger partial charge < -0.3 is 9.30 Å². The number of esters is 1. The lowest BCUT2D eigenvalue weighted by Crippen LogP contribution is -2.38. The Hall–Kier alpha value is -2.92. The molecule has 1 aromatic heterocycles. The number of nitrogens with zero attached hydrogens (tertiary/aromatic N) is 3. The van der Waals surface area contributed by atoms with Gasteiger partial charge in [-0.15, -0.1) is 0 Å². The van der Waals surface area contributed by atoms with Crippen LogP contribution in [-0.2, 0) is 11.8 Å². The molecular formula is C16H13ClFN3O4. The summed E-state index contributed by atoms with van der Waals surface area (Å²) in [5.41, 5.74) is -1.85. The van der Waals surface area contributed by atoms with Crippen LogP contribution in [-0.4, -0.2) is 21.2 Å². The second-order valence-electron chi connectivity index (χ2n) is 5.26. The molecule has 1 unspecified atom stereocenters. The number of aromatic nitrogens is 2. The predicted octanol–water partition coefficient (Wildman–Crippen LogP) is 1.71. The van der Waals surface area contributed by atoms with Gasteiger partial charge in [-0.05, 0) is 26.0 Å². The third kappa shape index (κ3) is 3.46. The number of rotatable bonds is 3. The molecule has 1 atom stereocenters. The van der Waals surface area contributed by atoms with Crippen LogP contribution in [0.15, 0.2) is 27.8 Å². The number of ether oxygens (including phenoxy) is 1. The SMILES string of the molecule is Cc1cc(=O)n(-c2cc(C(=O)OC(C)C#N)c(Cl)cc2F)c(=O)n1C. The van der Waals surface area contributed by atoms with Gasteiger partial charge in [0.1, 0.15) is 11.9 Å². The van der Waals surface area contributed by atoms with E-state index in [1.54, 1.807) is 13.0 Å². The van der Waals surface area contributed by atoms with Crippen molar-refractivity contribution in [2.75, 3.05) is 0 Å². The molecule has 9 heteroatoms. The molecule has 0 spiro atoms. The summed E-state index contributed by atoms with van der Waals surface area (Å²) in [6.45, 7) is 2.90. The van der Waals surface area contributed by atoms with E-state index < -0.39 is 34.8 Å². The van der Waals surface area contributed by atoms with Crippen LogP contribution in [0.3, 0.4) is 0 Å². The maximum Gasteiger partial charge on any atom is 0.341 e. The zero-order valence-electron chi connectivity index (χ0n) is 13.5. The number of hydrogen-bond donors (Lipinski definition) is 0. The molecule has 0 aliphatic heterocycles. The number of hydrogen-bond acceptors (Lipinski definition) is 5. The van der Waals surface area contributed by atoms with E-state index in [0.717, 1.165) is 22.8 Å². The number of carbonyl (C=O) groups is 1. The summed E-state index contributed by atoms with van der Waals surface area (Å²) >= 11 is 5.85. The van der Waals surface area contributed by atoms with Crippen molar-refractivity contribution < 1.29 is 13.9 Å². The van der Waals surface area contributed by atoms with Crippen molar-refractivity contribution in [3.8, 4) is 11.8 Å². The molecule has 130 valence electrons. The Bertz CT molecular complexity index is 1020. The Morgan fingerprint density at radius 1 is 1.36 bits per heavy atom. The highest BCUT2D eigenvalue weighted by Crippen LogP contribution is 2.23. The topological polar surface area (TPSA) is 94.1 Å². The van der Waals surface area contributed by atoms with Gasteiger partial charge in [0, 0.05) is 18.8 Å². The van der Waals surface area contributed by atoms with Crippen LogP contribution in [0.2, 0.25) is 5.02 Å². The third-order valence-electron chi connectivity index (χ3n) is 3.52. The largest absolute Gasteiger partial charge is 0.444 e. The van der Waals surface area contributed by atoms with Crippen LogP contribution >= 0.6 is 11.6 Å². The van der Waals surface area contributed by atoms with Gasteiger partial charge >= 0.3 is 11.7 Å². The van der Waals surface area contributed by atoms with Gasteiger partial charge in [-0.2, -0.15) is 5.26 Å². The lowest BCUT2D eigenvalue weighted by atomic mass is 10.2. The molecule has 7 nitrogen and oxygen atoms in total. The van der Waals surface area contributed by atoms with E-state index >= 15 is 0 Å². The molecule has 0 saturated heterocycles. The maximum absolute atomic E-state index is 14.3. The Labute approximate surface area is 146 Å². The first-order chi connectivity index (χ1) is 11.7. The van der Waals surface area contributed by atoms with Gasteiger partial charge in [0.25, 0.3) is 5.56 Å². The molecule has 25 heavy (non-hydrogen) atoms. The highest BCUT2D eigenvalue weighted by atomic mass is 35.5. The normalized spacial score (nSPS) is 11.7. The van der Waals surface area contributed by atoms with Gasteiger partial charge in [-0.25, -0.2) is 18.5 Å². The summed E-state index contributed by atoms with van der Waals surface area (Å²) in [6.07, 6.45) is -1.05. The molecule has 0 aliphatic rings. The molecule has 0 bridgehead atoms. The Kier molecular flexibility index (Phi) is 5.09. The monoisotopic (exact) mass is 365 g/mol. The Morgan fingerprint density at radius 3 is 2.60 bits per heavy atom. The summed E-state index contributed by atoms with van der Waals surface area (Å²) in [4.78, 5) is 36.5. The first kappa shape index (κ1) is 18.4. The van der Waals surface area contributed by atoms with Gasteiger partial charge in [0.2, 0.25) is 0 Å². The van der Waals surface area contributed by atoms with E-state index in [1.807, 2.05) is 0 Å². The van der Waals surface area contributed by atoms with Crippen LogP contribution in [0.5, 0.6) is 0 Å². The van der Waals surface area contributed by atoms with Crippen molar-refractivity contribution in [1.82, 2.24) is 9.13 Å². The molecule has 2 rings (SSSR count). The maximum atomic E-state index is 14.3. The molecule has 2 aromatic rings. The van der Waals surface area contributed by atoms with Crippen LogP contribution in [0.1, 0.15) is 23.0 Å². The van der Waals surface area contributed by atoms with Crippen molar-refractivity contribution in [3.63, 3.8) is 0 Å². The van der Waals surface area contributed by atoms with Crippen LogP contribution in [0, 0.1) is 24.1 Å². The lowest BCUT2D eigenvalue weighted by molar-refractivity contribution is 0.0435. The van der Waals surface area contributed by atoms with Crippen molar-refractivity contribution in [3.05, 3.63) is 61.1 Å². The third-order valence-corrected chi connectivity index (χ3v) is 3.84. The number of carbonyl (C=O) groups excluding carboxylic acids is 1. The molecule has 0 amide bonds. The fraction of sp³-hybridized carbons (Fsp3) is 0.250. The summed E-state index contributed by atoms with van der Waals surface area (Å²) < 4.78 is 20.9. The quantitative estimate of drug-likeness (QED) is 0.772. The van der Waals surface area contributed by atoms with E-state index in [2.05, 4.69) is 0 Å². The molecule has 1 aromatic carbocycles. The van der Waals surface area contributed by atoms with Gasteiger partial charge in [-0.3, -0.25) is 4.79 Å². The average Bonchev–Trinajstić information content (AvgIpc) is 2.54. The Balaban J connectivity index is 2.70. The number of benzene rings is 1. The summed E-state index contributed by atoms with van der Waals surface area (Å²) in [7, 11) is 1.42. The highest BCUT2D eigenvalue weighted by molar-refractivity contribution is 6.33. The smallest absolute Gasteiger partial charge is 0.341 e. The molecular weight excluding hydrogens is 353 g/mol. The molecule has 0 aliphatic carbocycles. The van der Waals surface area contributed by atoms with Gasteiger partial charge in [0.05, 0.1) is 16.3 Å². The minimum Gasteiger partial charge on any atom is -0.444 e. The van der Waals surface area contributed by atoms with E-state index in [0.29, 0.717) is 10.3 Å². The fourth-order valence-electron chi connectivity index (χ4n) is 2.07. The average molecular weight is 366 g/mol. The first-order valence-corrected chi connectivity index (χ1v) is 7.45. The number of aryl methyl sites for hydroxylation is 1. The Morgan fingerprint density at radius 2 is 2.00 bits per heavy atom. The van der Waals surface area contributed by atoms with Crippen molar-refractivity contribution in [1.29, 1.82) is 5.26 Å². The van der Waals surface area contributed by atoms with Crippen molar-refractivity contribution >= 4 is 17.6 Å². The molecule has 0 radical (unpaired) electrons. The molecule has 0 N–H and O–H groups in total. The minimum absolute atomic E-state index is 0.269. The van der Waals surface area contributed by atoms with Crippen LogP contribution < -0.4 is 11.2 Å². The van der Waals surface area contributed by atoms with E-state index in [4.69, 9.17) is 21.6 Å². The van der Waals surface area contributed by atoms with E-state index in [-0.39, 0.29) is 10.6 Å². The van der Waals surface area contributed by atoms with Gasteiger partial charge in [-0.1, -0.05) is 11.6 Å². The zero-order valence-corrected chi connectivity index (χ0v) is 14.3. The van der Waals surface area contributed by atoms with Crippen LogP contribution in [0.25, 0.3) is 5.69 Å². The standard InChI is InChI=1S/C16H13ClFN3O4/c1-8-4-14(22)21(16(24)20(8)3)13-5-10(11(17)6-12(13)18)15(23)25-9(2)7-19/h4-6,9H,1-3H3. The summed E-state index contributed by atoms with van der Waals surface area (Å²) in [5.74, 6) is -1.93. The van der Waals surface area contributed by atoms with E-state index in [9.17, 15) is 18.8 Å². The predicted molar refractivity (Wildman–Crippen MR) is 87.5 cm³/mol.